The first kappa shape index (κ1) is 47.4. The Labute approximate surface area is 390 Å². The molecular formula is C52H76N4O6S2. The van der Waals surface area contributed by atoms with Crippen molar-refractivity contribution < 1.29 is 29.3 Å². The lowest BCUT2D eigenvalue weighted by molar-refractivity contribution is -0.148. The number of amides is 1. The number of nitrogens with two attached hydrogens (primary N) is 1. The second-order valence-corrected chi connectivity index (χ2v) is 23.6. The summed E-state index contributed by atoms with van der Waals surface area (Å²) in [5.74, 6) is 1.91. The number of guanidine groups is 1. The van der Waals surface area contributed by atoms with Gasteiger partial charge in [-0.15, -0.1) is 0 Å². The third kappa shape index (κ3) is 11.5. The Morgan fingerprint density at radius 1 is 0.891 bits per heavy atom. The highest BCUT2D eigenvalue weighted by molar-refractivity contribution is 8.77. The van der Waals surface area contributed by atoms with Crippen LogP contribution in [-0.2, 0) is 33.7 Å². The Balaban J connectivity index is 1.09. The number of aliphatic imine (C=N–C) groups is 1. The number of phenolic OH excluding ortho intramolecular Hbond substituents is 1. The van der Waals surface area contributed by atoms with Crippen LogP contribution in [0.15, 0.2) is 47.5 Å². The molecule has 64 heavy (non-hydrogen) atoms. The van der Waals surface area contributed by atoms with Gasteiger partial charge in [0.25, 0.3) is 0 Å². The summed E-state index contributed by atoms with van der Waals surface area (Å²) in [6.07, 6.45) is 24.0. The van der Waals surface area contributed by atoms with Gasteiger partial charge in [-0.25, -0.2) is 0 Å². The first-order valence-electron chi connectivity index (χ1n) is 25.0. The van der Waals surface area contributed by atoms with Crippen molar-refractivity contribution in [3.63, 3.8) is 0 Å². The summed E-state index contributed by atoms with van der Waals surface area (Å²) in [4.78, 5) is 33.4. The van der Waals surface area contributed by atoms with Crippen LogP contribution < -0.4 is 15.8 Å². The normalized spacial score (nSPS) is 29.9. The van der Waals surface area contributed by atoms with E-state index in [-0.39, 0.29) is 46.0 Å². The number of esters is 1. The Kier molecular flexibility index (Phi) is 15.7. The number of aryl methyl sites for hydroxylation is 1. The van der Waals surface area contributed by atoms with Crippen molar-refractivity contribution in [3.8, 4) is 11.5 Å². The molecule has 4 aliphatic carbocycles. The fourth-order valence-corrected chi connectivity index (χ4v) is 17.0. The molecule has 2 aliphatic heterocycles. The molecule has 12 heteroatoms. The zero-order chi connectivity index (χ0) is 44.6. The standard InChI is InChI=1S/C52H76N4O6S2/c1-38(57)61-44-20-19-40-30-41(47(60)45(31-40)62-43-17-5-6-18-43)35-56-36-50(34-46(56)59,33-39-14-3-2-4-15-39)28-29-54-48(53)55-52(27-13-26-51(52)24-11-12-25-51)64-63-37-49(22-9-10-23-49)21-8-7-16-42(58)32-44/h2-4,14-15,30-31,42-44,58,60H,5-13,16-29,32-37H2,1H3,(H3,53,54,55). The van der Waals surface area contributed by atoms with Gasteiger partial charge in [0.1, 0.15) is 11.0 Å². The zero-order valence-electron chi connectivity index (χ0n) is 38.6. The highest BCUT2D eigenvalue weighted by atomic mass is 33.1. The summed E-state index contributed by atoms with van der Waals surface area (Å²) in [6.45, 7) is 2.76. The molecule has 0 radical (unpaired) electrons. The number of benzene rings is 2. The van der Waals surface area contributed by atoms with Crippen LogP contribution in [0.2, 0.25) is 0 Å². The third-order valence-electron chi connectivity index (χ3n) is 16.2. The molecule has 352 valence electrons. The summed E-state index contributed by atoms with van der Waals surface area (Å²) in [7, 11) is 4.13. The molecule has 8 rings (SSSR count). The van der Waals surface area contributed by atoms with Crippen LogP contribution in [0.3, 0.4) is 0 Å². The second-order valence-electron chi connectivity index (χ2n) is 21.0. The summed E-state index contributed by atoms with van der Waals surface area (Å²) >= 11 is 0. The van der Waals surface area contributed by atoms with Gasteiger partial charge in [0.15, 0.2) is 17.5 Å². The highest BCUT2D eigenvalue weighted by Gasteiger charge is 2.57. The number of hydrogen-bond acceptors (Lipinski definition) is 11. The molecule has 1 saturated heterocycles. The topological polar surface area (TPSA) is 147 Å². The molecule has 2 aromatic rings. The highest BCUT2D eigenvalue weighted by Crippen LogP contribution is 2.64. The van der Waals surface area contributed by atoms with Gasteiger partial charge >= 0.3 is 5.97 Å². The van der Waals surface area contributed by atoms with E-state index in [0.29, 0.717) is 74.3 Å². The average Bonchev–Trinajstić information content (AvgIpc) is 4.13. The first-order chi connectivity index (χ1) is 31.0. The van der Waals surface area contributed by atoms with Gasteiger partial charge in [-0.2, -0.15) is 0 Å². The third-order valence-corrected chi connectivity index (χ3v) is 19.6. The van der Waals surface area contributed by atoms with Gasteiger partial charge < -0.3 is 35.6 Å². The molecule has 4 unspecified atom stereocenters. The van der Waals surface area contributed by atoms with Crippen LogP contribution in [0.4, 0.5) is 0 Å². The van der Waals surface area contributed by atoms with Crippen LogP contribution in [0.25, 0.3) is 0 Å². The van der Waals surface area contributed by atoms with E-state index in [0.717, 1.165) is 62.7 Å². The van der Waals surface area contributed by atoms with Crippen LogP contribution in [0.5, 0.6) is 11.5 Å². The molecule has 10 nitrogen and oxygen atoms in total. The van der Waals surface area contributed by atoms with Crippen molar-refractivity contribution in [2.24, 2.45) is 27.0 Å². The van der Waals surface area contributed by atoms with Crippen LogP contribution in [0.1, 0.15) is 171 Å². The smallest absolute Gasteiger partial charge is 0.302 e. The van der Waals surface area contributed by atoms with Crippen molar-refractivity contribution in [2.75, 3.05) is 18.8 Å². The average molecular weight is 917 g/mol. The minimum atomic E-state index is -0.565. The molecule has 4 bridgehead atoms. The maximum atomic E-state index is 14.2. The SMILES string of the molecule is CC(=O)OC1CCc2cc(c(O)c(OC3CCCC3)c2)CN2CC(Cc3ccccc3)(CCN=C(N)NC3(CCCC34CCCC4)SSCC3(CCCCC(O)C1)CCCC3)CC2=O. The van der Waals surface area contributed by atoms with E-state index in [1.165, 1.54) is 83.1 Å². The van der Waals surface area contributed by atoms with Gasteiger partial charge in [0.2, 0.25) is 5.91 Å². The number of hydrogen-bond donors (Lipinski definition) is 4. The van der Waals surface area contributed by atoms with Crippen LogP contribution >= 0.6 is 21.6 Å². The van der Waals surface area contributed by atoms with E-state index in [1.54, 1.807) is 0 Å². The van der Waals surface area contributed by atoms with E-state index in [2.05, 4.69) is 51.2 Å². The molecule has 2 aromatic carbocycles. The van der Waals surface area contributed by atoms with Crippen molar-refractivity contribution in [2.45, 2.75) is 197 Å². The predicted molar refractivity (Wildman–Crippen MR) is 259 cm³/mol. The lowest BCUT2D eigenvalue weighted by atomic mass is 9.78. The van der Waals surface area contributed by atoms with Crippen LogP contribution in [0, 0.1) is 16.2 Å². The fraction of sp³-hybridized carbons (Fsp3) is 0.712. The number of aromatic hydroxyl groups is 1. The number of nitrogens with zero attached hydrogens (tertiary/aromatic N) is 2. The van der Waals surface area contributed by atoms with E-state index >= 15 is 0 Å². The van der Waals surface area contributed by atoms with Crippen LogP contribution in [-0.4, -0.2) is 75.0 Å². The Morgan fingerprint density at radius 3 is 2.34 bits per heavy atom. The quantitative estimate of drug-likeness (QED) is 0.169. The van der Waals surface area contributed by atoms with E-state index in [9.17, 15) is 19.8 Å². The van der Waals surface area contributed by atoms with E-state index in [4.69, 9.17) is 20.2 Å². The first-order valence-corrected chi connectivity index (χ1v) is 27.4. The van der Waals surface area contributed by atoms with Crippen molar-refractivity contribution in [3.05, 3.63) is 59.2 Å². The number of nitrogens with one attached hydrogen (secondary N) is 1. The van der Waals surface area contributed by atoms with Crippen molar-refractivity contribution in [1.29, 1.82) is 0 Å². The minimum Gasteiger partial charge on any atom is -0.504 e. The molecule has 2 heterocycles. The van der Waals surface area contributed by atoms with Gasteiger partial charge in [0, 0.05) is 61.5 Å². The van der Waals surface area contributed by atoms with Crippen molar-refractivity contribution in [1.82, 2.24) is 10.2 Å². The Bertz CT molecular complexity index is 1910. The number of fused-ring (bicyclic) bond motifs is 5. The number of carbonyl (C=O) groups excluding carboxylic acids is 2. The van der Waals surface area contributed by atoms with Gasteiger partial charge in [-0.05, 0) is 132 Å². The summed E-state index contributed by atoms with van der Waals surface area (Å²) in [5, 5.41) is 27.1. The number of aliphatic hydroxyl groups excluding tert-OH is 1. The molecule has 0 aromatic heterocycles. The van der Waals surface area contributed by atoms with Gasteiger partial charge in [-0.1, -0.05) is 96.5 Å². The lowest BCUT2D eigenvalue weighted by Gasteiger charge is -2.44. The fourth-order valence-electron chi connectivity index (χ4n) is 12.8. The molecule has 6 aliphatic rings. The predicted octanol–water partition coefficient (Wildman–Crippen LogP) is 10.5. The summed E-state index contributed by atoms with van der Waals surface area (Å²) < 4.78 is 12.3. The molecule has 4 atom stereocenters. The molecule has 3 spiro atoms. The maximum absolute atomic E-state index is 14.2. The maximum Gasteiger partial charge on any atom is 0.302 e. The van der Waals surface area contributed by atoms with Gasteiger partial charge in [0.05, 0.1) is 12.2 Å². The Morgan fingerprint density at radius 2 is 1.59 bits per heavy atom. The zero-order valence-corrected chi connectivity index (χ0v) is 40.2. The van der Waals surface area contributed by atoms with Gasteiger partial charge in [-0.3, -0.25) is 14.6 Å². The summed E-state index contributed by atoms with van der Waals surface area (Å²) in [5.41, 5.74) is 9.94. The van der Waals surface area contributed by atoms with E-state index in [1.807, 2.05) is 23.1 Å². The summed E-state index contributed by atoms with van der Waals surface area (Å²) in [6, 6.07) is 14.4. The molecular weight excluding hydrogens is 841 g/mol. The second kappa shape index (κ2) is 21.3. The molecule has 5 N–H and O–H groups in total. The van der Waals surface area contributed by atoms with Crippen molar-refractivity contribution >= 4 is 39.4 Å². The molecule has 5 fully saturated rings. The number of carbonyl (C=O) groups is 2. The number of rotatable bonds is 5. The number of phenols is 1. The molecule has 4 saturated carbocycles. The number of aliphatic hydroxyl groups is 1. The lowest BCUT2D eigenvalue weighted by Crippen LogP contribution is -2.55. The molecule has 1 amide bonds. The largest absolute Gasteiger partial charge is 0.504 e. The monoisotopic (exact) mass is 917 g/mol. The minimum absolute atomic E-state index is 0.0366. The van der Waals surface area contributed by atoms with E-state index < -0.39 is 12.2 Å². The Hall–Kier alpha value is -3.09. The number of ether oxygens (including phenoxy) is 2.